The Morgan fingerprint density at radius 2 is 1.53 bits per heavy atom. The number of carbonyl (C=O) groups is 2. The van der Waals surface area contributed by atoms with E-state index in [1.165, 1.54) is 0 Å². The van der Waals surface area contributed by atoms with Gasteiger partial charge in [0.15, 0.2) is 0 Å². The van der Waals surface area contributed by atoms with E-state index in [2.05, 4.69) is 26.0 Å². The quantitative estimate of drug-likeness (QED) is 0.423. The summed E-state index contributed by atoms with van der Waals surface area (Å²) in [5.41, 5.74) is 4.45. The molecule has 3 aromatic rings. The Labute approximate surface area is 202 Å². The Morgan fingerprint density at radius 3 is 2.24 bits per heavy atom. The molecule has 0 aliphatic carbocycles. The van der Waals surface area contributed by atoms with E-state index >= 15 is 0 Å². The van der Waals surface area contributed by atoms with Crippen LogP contribution in [0.4, 0.5) is 11.4 Å². The van der Waals surface area contributed by atoms with E-state index < -0.39 is 0 Å². The molecule has 1 atom stereocenters. The lowest BCUT2D eigenvalue weighted by Gasteiger charge is -2.25. The van der Waals surface area contributed by atoms with Gasteiger partial charge in [-0.2, -0.15) is 0 Å². The molecule has 0 aromatic heterocycles. The number of benzene rings is 3. The van der Waals surface area contributed by atoms with Gasteiger partial charge in [-0.15, -0.1) is 0 Å². The van der Waals surface area contributed by atoms with Crippen molar-refractivity contribution in [3.8, 4) is 5.75 Å². The average Bonchev–Trinajstić information content (AvgIpc) is 2.95. The fourth-order valence-corrected chi connectivity index (χ4v) is 4.49. The molecule has 1 aliphatic rings. The number of hydrogen-bond acceptors (Lipinski definition) is 3. The first kappa shape index (κ1) is 23.6. The molecule has 3 aromatic carbocycles. The largest absolute Gasteiger partial charge is 0.493 e. The summed E-state index contributed by atoms with van der Waals surface area (Å²) in [5, 5.41) is 0. The summed E-state index contributed by atoms with van der Waals surface area (Å²) < 4.78 is 6.04. The van der Waals surface area contributed by atoms with Gasteiger partial charge in [0.05, 0.1) is 23.9 Å². The molecular formula is C29H32N2O3. The fourth-order valence-electron chi connectivity index (χ4n) is 4.49. The summed E-state index contributed by atoms with van der Waals surface area (Å²) in [5.74, 6) is 0.608. The van der Waals surface area contributed by atoms with Crippen LogP contribution in [0.2, 0.25) is 0 Å². The number of amides is 2. The average molecular weight is 457 g/mol. The van der Waals surface area contributed by atoms with Crippen LogP contribution in [0.5, 0.6) is 5.75 Å². The highest BCUT2D eigenvalue weighted by Crippen LogP contribution is 2.35. The first-order chi connectivity index (χ1) is 16.5. The number of hydrogen-bond donors (Lipinski definition) is 0. The third kappa shape index (κ3) is 4.98. The zero-order valence-corrected chi connectivity index (χ0v) is 20.2. The molecule has 5 nitrogen and oxygen atoms in total. The van der Waals surface area contributed by atoms with E-state index in [-0.39, 0.29) is 17.7 Å². The SMILES string of the molecule is Cc1cccc(C)c1OCCCCN1C(=O)C(C)CN(C(=O)c2ccccc2)c2ccccc21. The maximum absolute atomic E-state index is 13.3. The van der Waals surface area contributed by atoms with Gasteiger partial charge < -0.3 is 14.5 Å². The molecule has 0 spiro atoms. The normalized spacial score (nSPS) is 15.6. The standard InChI is InChI=1S/C29H32N2O3/c1-21-12-11-13-22(2)27(21)34-19-10-9-18-30-25-16-7-8-17-26(25)31(20-23(3)28(30)32)29(33)24-14-5-4-6-15-24/h4-8,11-17,23H,9-10,18-20H2,1-3H3. The van der Waals surface area contributed by atoms with E-state index in [4.69, 9.17) is 4.74 Å². The van der Waals surface area contributed by atoms with Crippen LogP contribution in [0.15, 0.2) is 72.8 Å². The molecular weight excluding hydrogens is 424 g/mol. The Morgan fingerprint density at radius 1 is 0.882 bits per heavy atom. The van der Waals surface area contributed by atoms with Gasteiger partial charge >= 0.3 is 0 Å². The molecule has 0 bridgehead atoms. The summed E-state index contributed by atoms with van der Waals surface area (Å²) >= 11 is 0. The summed E-state index contributed by atoms with van der Waals surface area (Å²) in [6.45, 7) is 7.55. The third-order valence-electron chi connectivity index (χ3n) is 6.30. The molecule has 0 radical (unpaired) electrons. The van der Waals surface area contributed by atoms with E-state index in [1.807, 2.05) is 72.5 Å². The summed E-state index contributed by atoms with van der Waals surface area (Å²) in [6.07, 6.45) is 1.64. The summed E-state index contributed by atoms with van der Waals surface area (Å²) in [6, 6.07) is 23.1. The minimum absolute atomic E-state index is 0.0477. The van der Waals surface area contributed by atoms with Crippen LogP contribution in [0.25, 0.3) is 0 Å². The molecule has 0 saturated carbocycles. The highest BCUT2D eigenvalue weighted by Gasteiger charge is 2.33. The number of nitrogens with zero attached hydrogens (tertiary/aromatic N) is 2. The van der Waals surface area contributed by atoms with Crippen molar-refractivity contribution in [2.45, 2.75) is 33.6 Å². The van der Waals surface area contributed by atoms with Gasteiger partial charge in [-0.05, 0) is 62.1 Å². The van der Waals surface area contributed by atoms with Crippen LogP contribution in [-0.4, -0.2) is 31.5 Å². The van der Waals surface area contributed by atoms with Crippen molar-refractivity contribution < 1.29 is 14.3 Å². The van der Waals surface area contributed by atoms with Crippen LogP contribution in [-0.2, 0) is 4.79 Å². The van der Waals surface area contributed by atoms with Crippen LogP contribution >= 0.6 is 0 Å². The van der Waals surface area contributed by atoms with Crippen molar-refractivity contribution in [2.75, 3.05) is 29.5 Å². The van der Waals surface area contributed by atoms with Gasteiger partial charge in [-0.3, -0.25) is 9.59 Å². The lowest BCUT2D eigenvalue weighted by atomic mass is 10.1. The zero-order chi connectivity index (χ0) is 24.1. The molecule has 1 heterocycles. The molecule has 2 amide bonds. The van der Waals surface area contributed by atoms with Gasteiger partial charge in [0.2, 0.25) is 5.91 Å². The molecule has 176 valence electrons. The molecule has 4 rings (SSSR count). The van der Waals surface area contributed by atoms with Crippen molar-refractivity contribution in [2.24, 2.45) is 5.92 Å². The van der Waals surface area contributed by atoms with Crippen molar-refractivity contribution in [3.63, 3.8) is 0 Å². The fraction of sp³-hybridized carbons (Fsp3) is 0.310. The van der Waals surface area contributed by atoms with Crippen LogP contribution < -0.4 is 14.5 Å². The van der Waals surface area contributed by atoms with Crippen LogP contribution in [0.1, 0.15) is 41.3 Å². The maximum atomic E-state index is 13.3. The van der Waals surface area contributed by atoms with Crippen molar-refractivity contribution in [3.05, 3.63) is 89.5 Å². The van der Waals surface area contributed by atoms with Gasteiger partial charge in [-0.1, -0.05) is 55.5 Å². The minimum atomic E-state index is -0.300. The number of anilines is 2. The highest BCUT2D eigenvalue weighted by atomic mass is 16.5. The molecule has 1 aliphatic heterocycles. The second-order valence-corrected chi connectivity index (χ2v) is 8.94. The Hall–Kier alpha value is -3.60. The Balaban J connectivity index is 1.48. The topological polar surface area (TPSA) is 49.9 Å². The lowest BCUT2D eigenvalue weighted by molar-refractivity contribution is -0.121. The summed E-state index contributed by atoms with van der Waals surface area (Å²) in [4.78, 5) is 30.3. The molecule has 0 N–H and O–H groups in total. The first-order valence-electron chi connectivity index (χ1n) is 11.9. The number of aryl methyl sites for hydroxylation is 2. The summed E-state index contributed by atoms with van der Waals surface area (Å²) in [7, 11) is 0. The van der Waals surface area contributed by atoms with Gasteiger partial charge in [0.25, 0.3) is 5.91 Å². The number of unbranched alkanes of at least 4 members (excludes halogenated alkanes) is 1. The highest BCUT2D eigenvalue weighted by molar-refractivity contribution is 6.11. The minimum Gasteiger partial charge on any atom is -0.493 e. The monoisotopic (exact) mass is 456 g/mol. The number of para-hydroxylation sites is 3. The second-order valence-electron chi connectivity index (χ2n) is 8.94. The van der Waals surface area contributed by atoms with Gasteiger partial charge in [0.1, 0.15) is 5.75 Å². The molecule has 1 unspecified atom stereocenters. The second kappa shape index (κ2) is 10.6. The Kier molecular flexibility index (Phi) is 7.31. The van der Waals surface area contributed by atoms with Crippen molar-refractivity contribution in [1.29, 1.82) is 0 Å². The third-order valence-corrected chi connectivity index (χ3v) is 6.30. The van der Waals surface area contributed by atoms with E-state index in [9.17, 15) is 9.59 Å². The predicted octanol–water partition coefficient (Wildman–Crippen LogP) is 5.79. The molecule has 0 saturated heterocycles. The van der Waals surface area contributed by atoms with E-state index in [0.717, 1.165) is 41.1 Å². The number of fused-ring (bicyclic) bond motifs is 1. The van der Waals surface area contributed by atoms with E-state index in [1.54, 1.807) is 4.90 Å². The molecule has 34 heavy (non-hydrogen) atoms. The number of carbonyl (C=O) groups excluding carboxylic acids is 2. The zero-order valence-electron chi connectivity index (χ0n) is 20.2. The van der Waals surface area contributed by atoms with Crippen molar-refractivity contribution >= 4 is 23.2 Å². The Bertz CT molecular complexity index is 1140. The molecule has 5 heteroatoms. The van der Waals surface area contributed by atoms with Crippen LogP contribution in [0, 0.1) is 19.8 Å². The predicted molar refractivity (Wildman–Crippen MR) is 137 cm³/mol. The first-order valence-corrected chi connectivity index (χ1v) is 11.9. The van der Waals surface area contributed by atoms with Gasteiger partial charge in [0, 0.05) is 18.7 Å². The lowest BCUT2D eigenvalue weighted by Crippen LogP contribution is -2.38. The van der Waals surface area contributed by atoms with E-state index in [0.29, 0.717) is 25.3 Å². The number of rotatable bonds is 7. The van der Waals surface area contributed by atoms with Crippen LogP contribution in [0.3, 0.4) is 0 Å². The number of ether oxygens (including phenoxy) is 1. The van der Waals surface area contributed by atoms with Gasteiger partial charge in [-0.25, -0.2) is 0 Å². The smallest absolute Gasteiger partial charge is 0.258 e. The molecule has 0 fully saturated rings. The van der Waals surface area contributed by atoms with Crippen molar-refractivity contribution in [1.82, 2.24) is 0 Å². The maximum Gasteiger partial charge on any atom is 0.258 e.